The summed E-state index contributed by atoms with van der Waals surface area (Å²) in [7, 11) is 0. The van der Waals surface area contributed by atoms with Crippen LogP contribution in [0.3, 0.4) is 0 Å². The lowest BCUT2D eigenvalue weighted by Crippen LogP contribution is -2.45. The van der Waals surface area contributed by atoms with Gasteiger partial charge >= 0.3 is 0 Å². The van der Waals surface area contributed by atoms with Crippen molar-refractivity contribution in [3.63, 3.8) is 0 Å². The lowest BCUT2D eigenvalue weighted by molar-refractivity contribution is 0.383. The van der Waals surface area contributed by atoms with Crippen molar-refractivity contribution < 1.29 is 0 Å². The van der Waals surface area contributed by atoms with Crippen LogP contribution in [-0.2, 0) is 0 Å². The summed E-state index contributed by atoms with van der Waals surface area (Å²) < 4.78 is 0. The zero-order valence-electron chi connectivity index (χ0n) is 12.1. The molecule has 0 aliphatic carbocycles. The van der Waals surface area contributed by atoms with Crippen LogP contribution in [0.5, 0.6) is 0 Å². The first-order valence-corrected chi connectivity index (χ1v) is 7.77. The van der Waals surface area contributed by atoms with Crippen LogP contribution < -0.4 is 10.2 Å². The Hall–Kier alpha value is -1.94. The number of piperidine rings is 1. The Morgan fingerprint density at radius 1 is 1.05 bits per heavy atom. The SMILES string of the molecule is c1ccc(-c2nccnc2N2CCC[C@H]3CNC[C@H]32)cc1. The number of nitrogens with zero attached hydrogens (tertiary/aromatic N) is 3. The van der Waals surface area contributed by atoms with Gasteiger partial charge in [0.05, 0.1) is 0 Å². The van der Waals surface area contributed by atoms with E-state index in [1.54, 1.807) is 6.20 Å². The molecule has 2 aromatic rings. The van der Waals surface area contributed by atoms with Crippen molar-refractivity contribution in [2.24, 2.45) is 5.92 Å². The molecule has 0 unspecified atom stereocenters. The number of hydrogen-bond acceptors (Lipinski definition) is 4. The van der Waals surface area contributed by atoms with E-state index in [4.69, 9.17) is 0 Å². The van der Waals surface area contributed by atoms with Crippen LogP contribution in [0.25, 0.3) is 11.3 Å². The molecule has 2 aliphatic heterocycles. The van der Waals surface area contributed by atoms with Crippen LogP contribution in [0.2, 0.25) is 0 Å². The molecule has 0 bridgehead atoms. The fraction of sp³-hybridized carbons (Fsp3) is 0.412. The second kappa shape index (κ2) is 5.45. The molecular formula is C17H20N4. The Balaban J connectivity index is 1.75. The molecule has 2 aliphatic rings. The molecular weight excluding hydrogens is 260 g/mol. The second-order valence-corrected chi connectivity index (χ2v) is 5.92. The van der Waals surface area contributed by atoms with E-state index in [0.29, 0.717) is 6.04 Å². The third-order valence-electron chi connectivity index (χ3n) is 4.68. The Morgan fingerprint density at radius 3 is 2.81 bits per heavy atom. The predicted molar refractivity (Wildman–Crippen MR) is 84.2 cm³/mol. The smallest absolute Gasteiger partial charge is 0.155 e. The lowest BCUT2D eigenvalue weighted by atomic mass is 9.92. The highest BCUT2D eigenvalue weighted by atomic mass is 15.3. The number of hydrogen-bond donors (Lipinski definition) is 1. The van der Waals surface area contributed by atoms with E-state index < -0.39 is 0 Å². The molecule has 1 aromatic heterocycles. The number of fused-ring (bicyclic) bond motifs is 1. The molecule has 0 spiro atoms. The molecule has 2 atom stereocenters. The molecule has 4 heteroatoms. The third-order valence-corrected chi connectivity index (χ3v) is 4.68. The zero-order valence-corrected chi connectivity index (χ0v) is 12.1. The number of rotatable bonds is 2. The fourth-order valence-electron chi connectivity index (χ4n) is 3.67. The summed E-state index contributed by atoms with van der Waals surface area (Å²) in [6.45, 7) is 3.29. The van der Waals surface area contributed by atoms with Crippen LogP contribution in [0, 0.1) is 5.92 Å². The average Bonchev–Trinajstić information content (AvgIpc) is 3.04. The zero-order chi connectivity index (χ0) is 14.1. The molecule has 0 saturated carbocycles. The van der Waals surface area contributed by atoms with Crippen molar-refractivity contribution in [3.8, 4) is 11.3 Å². The van der Waals surface area contributed by atoms with Gasteiger partial charge in [-0.2, -0.15) is 0 Å². The first-order valence-electron chi connectivity index (χ1n) is 7.77. The Morgan fingerprint density at radius 2 is 1.90 bits per heavy atom. The van der Waals surface area contributed by atoms with Gasteiger partial charge in [-0.3, -0.25) is 4.98 Å². The fourth-order valence-corrected chi connectivity index (χ4v) is 3.67. The van der Waals surface area contributed by atoms with Crippen molar-refractivity contribution in [1.82, 2.24) is 15.3 Å². The molecule has 108 valence electrons. The molecule has 1 aromatic carbocycles. The Labute approximate surface area is 125 Å². The van der Waals surface area contributed by atoms with E-state index in [-0.39, 0.29) is 0 Å². The van der Waals surface area contributed by atoms with Gasteiger partial charge in [-0.15, -0.1) is 0 Å². The van der Waals surface area contributed by atoms with Crippen molar-refractivity contribution in [1.29, 1.82) is 0 Å². The van der Waals surface area contributed by atoms with Crippen molar-refractivity contribution >= 4 is 5.82 Å². The maximum atomic E-state index is 4.67. The van der Waals surface area contributed by atoms with E-state index in [2.05, 4.69) is 44.5 Å². The maximum Gasteiger partial charge on any atom is 0.155 e. The van der Waals surface area contributed by atoms with E-state index in [0.717, 1.165) is 42.6 Å². The topological polar surface area (TPSA) is 41.1 Å². The summed E-state index contributed by atoms with van der Waals surface area (Å²) in [5, 5.41) is 3.53. The maximum absolute atomic E-state index is 4.67. The van der Waals surface area contributed by atoms with Crippen molar-refractivity contribution in [3.05, 3.63) is 42.7 Å². The van der Waals surface area contributed by atoms with Gasteiger partial charge in [-0.1, -0.05) is 30.3 Å². The van der Waals surface area contributed by atoms with E-state index in [1.807, 2.05) is 12.3 Å². The predicted octanol–water partition coefficient (Wildman–Crippen LogP) is 2.33. The highest BCUT2D eigenvalue weighted by Gasteiger charge is 2.36. The monoisotopic (exact) mass is 280 g/mol. The Bertz CT molecular complexity index is 613. The van der Waals surface area contributed by atoms with Gasteiger partial charge in [0.1, 0.15) is 5.69 Å². The third kappa shape index (κ3) is 2.29. The summed E-state index contributed by atoms with van der Waals surface area (Å²) in [5.74, 6) is 1.80. The summed E-state index contributed by atoms with van der Waals surface area (Å²) >= 11 is 0. The molecule has 2 saturated heterocycles. The highest BCUT2D eigenvalue weighted by Crippen LogP contribution is 2.34. The molecule has 3 heterocycles. The van der Waals surface area contributed by atoms with Gasteiger partial charge in [-0.05, 0) is 18.8 Å². The quantitative estimate of drug-likeness (QED) is 0.916. The first-order chi connectivity index (χ1) is 10.4. The second-order valence-electron chi connectivity index (χ2n) is 5.92. The van der Waals surface area contributed by atoms with E-state index in [9.17, 15) is 0 Å². The first kappa shape index (κ1) is 12.8. The van der Waals surface area contributed by atoms with Crippen molar-refractivity contribution in [2.75, 3.05) is 24.5 Å². The molecule has 4 rings (SSSR count). The van der Waals surface area contributed by atoms with Crippen LogP contribution in [0.1, 0.15) is 12.8 Å². The standard InChI is InChI=1S/C17H20N4/c1-2-5-13(6-3-1)16-17(20-9-8-19-16)21-10-4-7-14-11-18-12-15(14)21/h1-3,5-6,8-9,14-15,18H,4,7,10-12H2/t14-,15+/m0/s1. The molecule has 4 nitrogen and oxygen atoms in total. The van der Waals surface area contributed by atoms with Gasteiger partial charge in [-0.25, -0.2) is 4.98 Å². The van der Waals surface area contributed by atoms with Gasteiger partial charge in [0, 0.05) is 43.6 Å². The minimum absolute atomic E-state index is 0.568. The van der Waals surface area contributed by atoms with E-state index in [1.165, 1.54) is 12.8 Å². The summed E-state index contributed by atoms with van der Waals surface area (Å²) in [4.78, 5) is 11.8. The summed E-state index contributed by atoms with van der Waals surface area (Å²) in [6.07, 6.45) is 6.18. The molecule has 0 radical (unpaired) electrons. The van der Waals surface area contributed by atoms with Crippen LogP contribution in [0.4, 0.5) is 5.82 Å². The van der Waals surface area contributed by atoms with Gasteiger partial charge in [0.15, 0.2) is 5.82 Å². The van der Waals surface area contributed by atoms with Crippen molar-refractivity contribution in [2.45, 2.75) is 18.9 Å². The minimum atomic E-state index is 0.568. The molecule has 0 amide bonds. The number of nitrogens with one attached hydrogen (secondary N) is 1. The lowest BCUT2D eigenvalue weighted by Gasteiger charge is -2.38. The average molecular weight is 280 g/mol. The summed E-state index contributed by atoms with van der Waals surface area (Å²) in [6, 6.07) is 11.0. The molecule has 1 N–H and O–H groups in total. The number of aromatic nitrogens is 2. The largest absolute Gasteiger partial charge is 0.350 e. The highest BCUT2D eigenvalue weighted by molar-refractivity contribution is 5.72. The minimum Gasteiger partial charge on any atom is -0.350 e. The van der Waals surface area contributed by atoms with Gasteiger partial charge in [0.25, 0.3) is 0 Å². The normalized spacial score (nSPS) is 24.9. The molecule has 2 fully saturated rings. The van der Waals surface area contributed by atoms with Crippen LogP contribution >= 0.6 is 0 Å². The Kier molecular flexibility index (Phi) is 3.31. The molecule has 21 heavy (non-hydrogen) atoms. The van der Waals surface area contributed by atoms with Gasteiger partial charge < -0.3 is 10.2 Å². The van der Waals surface area contributed by atoms with E-state index >= 15 is 0 Å². The van der Waals surface area contributed by atoms with Crippen LogP contribution in [0.15, 0.2) is 42.7 Å². The number of benzene rings is 1. The van der Waals surface area contributed by atoms with Gasteiger partial charge in [0.2, 0.25) is 0 Å². The number of anilines is 1. The summed E-state index contributed by atoms with van der Waals surface area (Å²) in [5.41, 5.74) is 2.15. The van der Waals surface area contributed by atoms with Crippen LogP contribution in [-0.4, -0.2) is 35.6 Å².